The predicted octanol–water partition coefficient (Wildman–Crippen LogP) is 5.60. The first-order valence-corrected chi connectivity index (χ1v) is 13.6. The third-order valence-electron chi connectivity index (χ3n) is 11.9. The van der Waals surface area contributed by atoms with Crippen LogP contribution in [-0.2, 0) is 28.7 Å². The number of hydrogen-bond acceptors (Lipinski definition) is 6. The zero-order chi connectivity index (χ0) is 26.9. The van der Waals surface area contributed by atoms with E-state index in [4.69, 9.17) is 9.47 Å². The van der Waals surface area contributed by atoms with E-state index in [-0.39, 0.29) is 45.9 Å². The Hall–Kier alpha value is -1.79. The van der Waals surface area contributed by atoms with Gasteiger partial charge in [-0.25, -0.2) is 0 Å². The third kappa shape index (κ3) is 3.61. The van der Waals surface area contributed by atoms with Crippen LogP contribution < -0.4 is 0 Å². The van der Waals surface area contributed by atoms with Crippen molar-refractivity contribution in [1.82, 2.24) is 0 Å². The second-order valence-electron chi connectivity index (χ2n) is 13.6. The number of ketones is 1. The standard InChI is InChI=1S/C29H43FO6/c1-17(31)35-16-29(24(30)34)15-14-27(6)19(23(29)33)8-9-21-26(5)12-11-22(36-18(2)32)25(3,4)20(26)10-13-28(21,27)7/h19-22H,8-16H2,1-7H3/t19?,20?,21?,22?,26-,27+,28+,29-/m0/s1. The van der Waals surface area contributed by atoms with Gasteiger partial charge in [0.15, 0.2) is 11.2 Å². The molecule has 6 nitrogen and oxygen atoms in total. The van der Waals surface area contributed by atoms with Gasteiger partial charge in [-0.15, -0.1) is 0 Å². The second kappa shape index (κ2) is 8.62. The van der Waals surface area contributed by atoms with Gasteiger partial charge >= 0.3 is 18.0 Å². The quantitative estimate of drug-likeness (QED) is 0.280. The van der Waals surface area contributed by atoms with E-state index in [1.165, 1.54) is 13.8 Å². The fourth-order valence-electron chi connectivity index (χ4n) is 9.75. The van der Waals surface area contributed by atoms with Crippen LogP contribution in [0, 0.1) is 44.8 Å². The van der Waals surface area contributed by atoms with E-state index in [9.17, 15) is 23.6 Å². The van der Waals surface area contributed by atoms with Crippen LogP contribution in [-0.4, -0.2) is 36.5 Å². The Morgan fingerprint density at radius 2 is 1.50 bits per heavy atom. The molecule has 0 aliphatic heterocycles. The highest BCUT2D eigenvalue weighted by Crippen LogP contribution is 2.74. The zero-order valence-corrected chi connectivity index (χ0v) is 23.0. The maximum absolute atomic E-state index is 14.5. The number of esters is 2. The number of carbonyl (C=O) groups is 4. The van der Waals surface area contributed by atoms with E-state index < -0.39 is 29.9 Å². The van der Waals surface area contributed by atoms with Crippen molar-refractivity contribution in [1.29, 1.82) is 0 Å². The Kier molecular flexibility index (Phi) is 6.53. The van der Waals surface area contributed by atoms with Crippen LogP contribution in [0.3, 0.4) is 0 Å². The lowest BCUT2D eigenvalue weighted by Crippen LogP contribution is -2.67. The Morgan fingerprint density at radius 1 is 0.833 bits per heavy atom. The summed E-state index contributed by atoms with van der Waals surface area (Å²) in [6, 6.07) is -1.68. The summed E-state index contributed by atoms with van der Waals surface area (Å²) in [4.78, 5) is 49.3. The van der Waals surface area contributed by atoms with Crippen molar-refractivity contribution in [2.75, 3.05) is 6.61 Å². The highest BCUT2D eigenvalue weighted by Gasteiger charge is 2.71. The van der Waals surface area contributed by atoms with Crippen LogP contribution in [0.15, 0.2) is 0 Å². The normalized spacial score (nSPS) is 45.5. The molecule has 4 unspecified atom stereocenters. The third-order valence-corrected chi connectivity index (χ3v) is 11.9. The smallest absolute Gasteiger partial charge is 0.318 e. The molecule has 0 aromatic heterocycles. The molecule has 4 fully saturated rings. The molecular formula is C29H43FO6. The molecule has 0 aromatic carbocycles. The van der Waals surface area contributed by atoms with Crippen LogP contribution in [0.25, 0.3) is 0 Å². The number of halogens is 1. The van der Waals surface area contributed by atoms with E-state index in [1.807, 2.05) is 0 Å². The number of Topliss-reactive ketones (excluding diaryl/α,β-unsaturated/α-hetero) is 1. The molecule has 0 heterocycles. The van der Waals surface area contributed by atoms with Gasteiger partial charge in [-0.3, -0.25) is 19.2 Å². The molecule has 8 atom stereocenters. The summed E-state index contributed by atoms with van der Waals surface area (Å²) in [7, 11) is 0. The Morgan fingerprint density at radius 3 is 2.08 bits per heavy atom. The van der Waals surface area contributed by atoms with Crippen LogP contribution >= 0.6 is 0 Å². The Labute approximate surface area is 214 Å². The first-order chi connectivity index (χ1) is 16.6. The molecule has 4 aliphatic carbocycles. The molecule has 4 rings (SSSR count). The molecule has 0 radical (unpaired) electrons. The topological polar surface area (TPSA) is 86.7 Å². The fourth-order valence-corrected chi connectivity index (χ4v) is 9.75. The molecule has 0 bridgehead atoms. The van der Waals surface area contributed by atoms with Crippen molar-refractivity contribution in [3.8, 4) is 0 Å². The summed E-state index contributed by atoms with van der Waals surface area (Å²) in [5.74, 6) is -0.908. The molecule has 4 aliphatic rings. The average molecular weight is 507 g/mol. The highest BCUT2D eigenvalue weighted by molar-refractivity contribution is 6.06. The number of ether oxygens (including phenoxy) is 2. The van der Waals surface area contributed by atoms with E-state index in [1.54, 1.807) is 0 Å². The van der Waals surface area contributed by atoms with E-state index in [2.05, 4.69) is 34.6 Å². The monoisotopic (exact) mass is 506 g/mol. The lowest BCUT2D eigenvalue weighted by atomic mass is 9.33. The number of fused-ring (bicyclic) bond motifs is 5. The van der Waals surface area contributed by atoms with Crippen molar-refractivity contribution >= 4 is 23.8 Å². The molecule has 7 heteroatoms. The van der Waals surface area contributed by atoms with Crippen molar-refractivity contribution < 1.29 is 33.0 Å². The number of carbonyl (C=O) groups excluding carboxylic acids is 4. The highest BCUT2D eigenvalue weighted by atomic mass is 19.1. The number of rotatable bonds is 4. The summed E-state index contributed by atoms with van der Waals surface area (Å²) in [5, 5.41) is 0. The summed E-state index contributed by atoms with van der Waals surface area (Å²) in [5.41, 5.74) is -2.50. The van der Waals surface area contributed by atoms with E-state index in [0.29, 0.717) is 24.7 Å². The van der Waals surface area contributed by atoms with Crippen molar-refractivity contribution in [2.24, 2.45) is 44.8 Å². The van der Waals surface area contributed by atoms with Crippen LogP contribution in [0.5, 0.6) is 0 Å². The lowest BCUT2D eigenvalue weighted by molar-refractivity contribution is -0.237. The molecule has 0 amide bonds. The minimum Gasteiger partial charge on any atom is -0.464 e. The predicted molar refractivity (Wildman–Crippen MR) is 131 cm³/mol. The Bertz CT molecular complexity index is 975. The minimum absolute atomic E-state index is 0.0341. The Balaban J connectivity index is 1.67. The first-order valence-electron chi connectivity index (χ1n) is 13.6. The largest absolute Gasteiger partial charge is 0.464 e. The van der Waals surface area contributed by atoms with Crippen LogP contribution in [0.4, 0.5) is 4.39 Å². The fraction of sp³-hybridized carbons (Fsp3) is 0.862. The zero-order valence-electron chi connectivity index (χ0n) is 23.0. The summed E-state index contributed by atoms with van der Waals surface area (Å²) >= 11 is 0. The van der Waals surface area contributed by atoms with E-state index >= 15 is 0 Å². The molecule has 0 saturated heterocycles. The molecule has 4 saturated carbocycles. The summed E-state index contributed by atoms with van der Waals surface area (Å²) in [6.45, 7) is 13.5. The van der Waals surface area contributed by atoms with Crippen LogP contribution in [0.2, 0.25) is 0 Å². The van der Waals surface area contributed by atoms with Gasteiger partial charge in [0.1, 0.15) is 12.7 Å². The maximum atomic E-state index is 14.5. The second-order valence-corrected chi connectivity index (χ2v) is 13.6. The number of hydrogen-bond donors (Lipinski definition) is 0. The van der Waals surface area contributed by atoms with Gasteiger partial charge in [-0.05, 0) is 79.4 Å². The van der Waals surface area contributed by atoms with Gasteiger partial charge < -0.3 is 9.47 Å². The maximum Gasteiger partial charge on any atom is 0.318 e. The molecule has 202 valence electrons. The molecular weight excluding hydrogens is 463 g/mol. The molecule has 0 aromatic rings. The van der Waals surface area contributed by atoms with Crippen molar-refractivity contribution in [2.45, 2.75) is 106 Å². The van der Waals surface area contributed by atoms with Gasteiger partial charge in [-0.2, -0.15) is 4.39 Å². The SMILES string of the molecule is CC(=O)OC[C@@]1(C(=O)F)CC[C@]2(C)C(CCC3[C@@]4(C)CCC(OC(C)=O)C(C)(C)C4CC[C@]32C)C1=O. The summed E-state index contributed by atoms with van der Waals surface area (Å²) in [6.07, 6.45) is 5.69. The van der Waals surface area contributed by atoms with Crippen molar-refractivity contribution in [3.63, 3.8) is 0 Å². The molecule has 36 heavy (non-hydrogen) atoms. The molecule has 0 N–H and O–H groups in total. The van der Waals surface area contributed by atoms with Gasteiger partial charge in [-0.1, -0.05) is 34.6 Å². The first kappa shape index (κ1) is 27.3. The minimum atomic E-state index is -1.87. The van der Waals surface area contributed by atoms with Gasteiger partial charge in [0, 0.05) is 25.2 Å². The van der Waals surface area contributed by atoms with E-state index in [0.717, 1.165) is 32.1 Å². The lowest BCUT2D eigenvalue weighted by Gasteiger charge is -2.71. The van der Waals surface area contributed by atoms with Crippen molar-refractivity contribution in [3.05, 3.63) is 0 Å². The van der Waals surface area contributed by atoms with Gasteiger partial charge in [0.2, 0.25) is 0 Å². The van der Waals surface area contributed by atoms with Crippen LogP contribution in [0.1, 0.15) is 99.8 Å². The summed E-state index contributed by atoms with van der Waals surface area (Å²) < 4.78 is 25.3. The average Bonchev–Trinajstić information content (AvgIpc) is 2.76. The van der Waals surface area contributed by atoms with Gasteiger partial charge in [0.25, 0.3) is 0 Å². The van der Waals surface area contributed by atoms with Gasteiger partial charge in [0.05, 0.1) is 0 Å². The molecule has 0 spiro atoms.